The lowest BCUT2D eigenvalue weighted by atomic mass is 9.80. The molecular formula is C9H20O5S. The van der Waals surface area contributed by atoms with Gasteiger partial charge in [0.15, 0.2) is 0 Å². The minimum Gasteiger partial charge on any atom is -0.396 e. The fourth-order valence-corrected chi connectivity index (χ4v) is 2.11. The van der Waals surface area contributed by atoms with Gasteiger partial charge in [-0.1, -0.05) is 6.92 Å². The monoisotopic (exact) mass is 240 g/mol. The summed E-state index contributed by atoms with van der Waals surface area (Å²) < 4.78 is 29.5. The Bertz CT molecular complexity index is 254. The van der Waals surface area contributed by atoms with Crippen molar-refractivity contribution in [3.05, 3.63) is 0 Å². The molecule has 0 aromatic rings. The van der Waals surface area contributed by atoms with Crippen LogP contribution in [0.2, 0.25) is 0 Å². The lowest BCUT2D eigenvalue weighted by Gasteiger charge is -2.27. The van der Waals surface area contributed by atoms with Gasteiger partial charge in [-0.25, -0.2) is 0 Å². The van der Waals surface area contributed by atoms with Crippen LogP contribution in [0.3, 0.4) is 0 Å². The second kappa shape index (κ2) is 6.42. The highest BCUT2D eigenvalue weighted by Crippen LogP contribution is 2.31. The zero-order valence-corrected chi connectivity index (χ0v) is 9.83. The lowest BCUT2D eigenvalue weighted by molar-refractivity contribution is 0.139. The van der Waals surface area contributed by atoms with Crippen molar-refractivity contribution < 1.29 is 23.2 Å². The number of rotatable bonds is 8. The van der Waals surface area contributed by atoms with Gasteiger partial charge in [0.2, 0.25) is 0 Å². The summed E-state index contributed by atoms with van der Waals surface area (Å²) >= 11 is 0. The third kappa shape index (κ3) is 7.72. The molecule has 0 heterocycles. The summed E-state index contributed by atoms with van der Waals surface area (Å²) in [5, 5.41) is 17.7. The summed E-state index contributed by atoms with van der Waals surface area (Å²) in [6, 6.07) is 0. The maximum atomic E-state index is 10.5. The smallest absolute Gasteiger partial charge is 0.264 e. The van der Waals surface area contributed by atoms with E-state index in [4.69, 9.17) is 14.8 Å². The van der Waals surface area contributed by atoms with Crippen LogP contribution in [0.25, 0.3) is 0 Å². The minimum atomic E-state index is -3.90. The Morgan fingerprint density at radius 1 is 1.07 bits per heavy atom. The molecule has 0 fully saturated rings. The molecule has 0 aliphatic rings. The molecule has 6 heteroatoms. The van der Waals surface area contributed by atoms with Gasteiger partial charge in [-0.3, -0.25) is 4.55 Å². The first-order valence-electron chi connectivity index (χ1n) is 5.00. The molecule has 0 spiro atoms. The Morgan fingerprint density at radius 2 is 1.53 bits per heavy atom. The largest absolute Gasteiger partial charge is 0.396 e. The van der Waals surface area contributed by atoms with E-state index in [0.29, 0.717) is 25.7 Å². The molecule has 0 rings (SSSR count). The molecule has 0 radical (unpaired) electrons. The van der Waals surface area contributed by atoms with Gasteiger partial charge in [0.05, 0.1) is 5.75 Å². The van der Waals surface area contributed by atoms with Crippen LogP contribution < -0.4 is 0 Å². The van der Waals surface area contributed by atoms with E-state index in [9.17, 15) is 8.42 Å². The van der Waals surface area contributed by atoms with Crippen LogP contribution in [0.4, 0.5) is 0 Å². The molecule has 92 valence electrons. The van der Waals surface area contributed by atoms with Crippen molar-refractivity contribution >= 4 is 10.1 Å². The molecule has 0 aliphatic carbocycles. The maximum absolute atomic E-state index is 10.5. The van der Waals surface area contributed by atoms with Gasteiger partial charge in [0.25, 0.3) is 10.1 Å². The second-order valence-corrected chi connectivity index (χ2v) is 5.72. The Morgan fingerprint density at radius 3 is 1.87 bits per heavy atom. The summed E-state index contributed by atoms with van der Waals surface area (Å²) in [4.78, 5) is 0. The fraction of sp³-hybridized carbons (Fsp3) is 1.00. The number of aliphatic hydroxyl groups excluding tert-OH is 2. The molecule has 0 aliphatic heterocycles. The van der Waals surface area contributed by atoms with Gasteiger partial charge in [-0.15, -0.1) is 0 Å². The van der Waals surface area contributed by atoms with Crippen LogP contribution in [-0.2, 0) is 10.1 Å². The molecule has 0 bridgehead atoms. The predicted octanol–water partition coefficient (Wildman–Crippen LogP) is 0.426. The van der Waals surface area contributed by atoms with Crippen molar-refractivity contribution in [3.8, 4) is 0 Å². The number of hydrogen-bond acceptors (Lipinski definition) is 4. The zero-order chi connectivity index (χ0) is 11.9. The predicted molar refractivity (Wildman–Crippen MR) is 57.2 cm³/mol. The van der Waals surface area contributed by atoms with Gasteiger partial charge in [0, 0.05) is 13.2 Å². The van der Waals surface area contributed by atoms with Gasteiger partial charge >= 0.3 is 0 Å². The lowest BCUT2D eigenvalue weighted by Crippen LogP contribution is -2.21. The molecule has 0 atom stereocenters. The first kappa shape index (κ1) is 14.8. The molecule has 0 aromatic carbocycles. The van der Waals surface area contributed by atoms with E-state index >= 15 is 0 Å². The third-order valence-electron chi connectivity index (χ3n) is 2.61. The summed E-state index contributed by atoms with van der Waals surface area (Å²) in [7, 11) is -3.90. The summed E-state index contributed by atoms with van der Waals surface area (Å²) in [5.41, 5.74) is -0.256. The molecule has 0 saturated carbocycles. The molecule has 3 N–H and O–H groups in total. The third-order valence-corrected chi connectivity index (χ3v) is 3.42. The van der Waals surface area contributed by atoms with E-state index < -0.39 is 10.1 Å². The number of aliphatic hydroxyl groups is 2. The first-order valence-corrected chi connectivity index (χ1v) is 6.61. The second-order valence-electron chi connectivity index (χ2n) is 4.15. The molecule has 5 nitrogen and oxygen atoms in total. The van der Waals surface area contributed by atoms with Gasteiger partial charge < -0.3 is 10.2 Å². The van der Waals surface area contributed by atoms with Crippen molar-refractivity contribution in [1.29, 1.82) is 0 Å². The van der Waals surface area contributed by atoms with E-state index in [2.05, 4.69) is 0 Å². The standard InChI is InChI=1S/C9H20O5S/c1-9(4-6-10,5-7-11)3-2-8-15(12,13)14/h10-11H,2-8H2,1H3,(H,12,13,14). The first-order chi connectivity index (χ1) is 6.83. The molecule has 0 aromatic heterocycles. The summed E-state index contributed by atoms with van der Waals surface area (Å²) in [6.45, 7) is 1.92. The summed E-state index contributed by atoms with van der Waals surface area (Å²) in [5.74, 6) is -0.264. The molecule has 0 saturated heterocycles. The minimum absolute atomic E-state index is 0.0162. The maximum Gasteiger partial charge on any atom is 0.264 e. The van der Waals surface area contributed by atoms with E-state index in [1.165, 1.54) is 0 Å². The fourth-order valence-electron chi connectivity index (χ4n) is 1.60. The van der Waals surface area contributed by atoms with Crippen LogP contribution in [0.1, 0.15) is 32.6 Å². The Hall–Kier alpha value is -0.170. The van der Waals surface area contributed by atoms with Crippen molar-refractivity contribution in [1.82, 2.24) is 0 Å². The Labute approximate surface area is 90.9 Å². The van der Waals surface area contributed by atoms with Gasteiger partial charge in [0.1, 0.15) is 0 Å². The quantitative estimate of drug-likeness (QED) is 0.535. The van der Waals surface area contributed by atoms with E-state index in [0.717, 1.165) is 0 Å². The van der Waals surface area contributed by atoms with Crippen LogP contribution >= 0.6 is 0 Å². The molecule has 0 unspecified atom stereocenters. The number of hydrogen-bond donors (Lipinski definition) is 3. The highest BCUT2D eigenvalue weighted by molar-refractivity contribution is 7.85. The van der Waals surface area contributed by atoms with Crippen LogP contribution in [-0.4, -0.2) is 42.2 Å². The van der Waals surface area contributed by atoms with Crippen molar-refractivity contribution in [3.63, 3.8) is 0 Å². The molecular weight excluding hydrogens is 220 g/mol. The van der Waals surface area contributed by atoms with E-state index in [1.807, 2.05) is 6.92 Å². The average molecular weight is 240 g/mol. The Kier molecular flexibility index (Phi) is 6.35. The van der Waals surface area contributed by atoms with Crippen LogP contribution in [0.5, 0.6) is 0 Å². The SMILES string of the molecule is CC(CCO)(CCO)CCCS(=O)(=O)O. The topological polar surface area (TPSA) is 94.8 Å². The Balaban J connectivity index is 4.06. The molecule has 15 heavy (non-hydrogen) atoms. The summed E-state index contributed by atoms with van der Waals surface area (Å²) in [6.07, 6.45) is 1.96. The highest BCUT2D eigenvalue weighted by Gasteiger charge is 2.23. The van der Waals surface area contributed by atoms with Crippen molar-refractivity contribution in [2.45, 2.75) is 32.6 Å². The van der Waals surface area contributed by atoms with E-state index in [1.54, 1.807) is 0 Å². The van der Waals surface area contributed by atoms with Crippen LogP contribution in [0.15, 0.2) is 0 Å². The highest BCUT2D eigenvalue weighted by atomic mass is 32.2. The van der Waals surface area contributed by atoms with Gasteiger partial charge in [-0.05, 0) is 31.1 Å². The average Bonchev–Trinajstić information content (AvgIpc) is 2.01. The van der Waals surface area contributed by atoms with Gasteiger partial charge in [-0.2, -0.15) is 8.42 Å². The van der Waals surface area contributed by atoms with Crippen molar-refractivity contribution in [2.75, 3.05) is 19.0 Å². The molecule has 0 amide bonds. The zero-order valence-electron chi connectivity index (χ0n) is 9.02. The van der Waals surface area contributed by atoms with Crippen molar-refractivity contribution in [2.24, 2.45) is 5.41 Å². The van der Waals surface area contributed by atoms with E-state index in [-0.39, 0.29) is 24.4 Å². The normalized spacial score (nSPS) is 13.1. The van der Waals surface area contributed by atoms with Crippen LogP contribution in [0, 0.1) is 5.41 Å².